The van der Waals surface area contributed by atoms with E-state index in [-0.39, 0.29) is 58.2 Å². The number of esters is 2. The summed E-state index contributed by atoms with van der Waals surface area (Å²) in [6, 6.07) is 0.0185. The summed E-state index contributed by atoms with van der Waals surface area (Å²) < 4.78 is 59.0. The average Bonchev–Trinajstić information content (AvgIpc) is 0.985. The molecule has 0 aromatic heterocycles. The number of ketones is 1. The van der Waals surface area contributed by atoms with E-state index < -0.39 is 9.84 Å². The number of hydrogen-bond donors (Lipinski definition) is 0. The van der Waals surface area contributed by atoms with Gasteiger partial charge in [0.2, 0.25) is 11.8 Å². The summed E-state index contributed by atoms with van der Waals surface area (Å²) in [7, 11) is 67.9. The molecule has 0 aliphatic carbocycles. The van der Waals surface area contributed by atoms with E-state index in [1.807, 2.05) is 133 Å². The van der Waals surface area contributed by atoms with Crippen molar-refractivity contribution in [1.82, 2.24) is 73.5 Å². The van der Waals surface area contributed by atoms with Crippen molar-refractivity contribution in [3.8, 4) is 0 Å². The number of thiocarbonyl (C=S) groups is 5. The summed E-state index contributed by atoms with van der Waals surface area (Å²) in [6.45, 7) is 8.83. The summed E-state index contributed by atoms with van der Waals surface area (Å²) in [5.74, 6) is -0.139. The van der Waals surface area contributed by atoms with Crippen molar-refractivity contribution in [2.24, 2.45) is 0 Å². The Morgan fingerprint density at radius 3 is 0.407 bits per heavy atom. The molecule has 0 heterocycles. The largest absolute Gasteiger partial charge is 0.474 e. The van der Waals surface area contributed by atoms with Gasteiger partial charge in [0.25, 0.3) is 31.2 Å². The number of amides is 8. The van der Waals surface area contributed by atoms with Gasteiger partial charge in [-0.2, -0.15) is 11.8 Å². The van der Waals surface area contributed by atoms with Crippen LogP contribution in [0.25, 0.3) is 0 Å². The molecule has 686 valence electrons. The molecule has 113 heavy (non-hydrogen) atoms. The highest BCUT2D eigenvalue weighted by Gasteiger charge is 2.04. The van der Waals surface area contributed by atoms with Crippen LogP contribution in [0.4, 0.5) is 24.0 Å². The van der Waals surface area contributed by atoms with Crippen LogP contribution in [0, 0.1) is 0 Å². The molecule has 36 nitrogen and oxygen atoms in total. The third kappa shape index (κ3) is 234. The molecule has 0 unspecified atom stereocenters. The Bertz CT molecular complexity index is 2110. The monoisotopic (exact) mass is 1810 g/mol. The maximum absolute atomic E-state index is 10.7. The fourth-order valence-corrected chi connectivity index (χ4v) is 2.99. The van der Waals surface area contributed by atoms with Gasteiger partial charge in [0.15, 0.2) is 5.11 Å². The zero-order valence-corrected chi connectivity index (χ0v) is 86.8. The molecule has 0 radical (unpaired) electrons. The molecule has 0 spiro atoms. The molecule has 0 saturated heterocycles. The molecule has 0 N–H and O–H groups in total. The van der Waals surface area contributed by atoms with Gasteiger partial charge in [-0.3, -0.25) is 28.8 Å². The molecule has 0 saturated carbocycles. The highest BCUT2D eigenvalue weighted by molar-refractivity contribution is 8.13. The Hall–Kier alpha value is -6.33. The van der Waals surface area contributed by atoms with E-state index in [0.29, 0.717) is 20.7 Å². The number of carbonyl (C=O) groups is 10. The standard InChI is InChI=1S/C5H12N2O.C5H12N2S.2C4H9NO2.6C4H9NOS.2C4H9NO.C3H9N.2C3H6O2.C3H6O.C2H6O2S.C2H6O.C2H6S/c2*1-6(2)5(8)7(3)4;4*1-5(2)4(6)7-3;4*1-5(2)4(7)6-3;2*1-4(6)5(2)3;1-4(2)3;2*1-3(4)5-2;1-3(2)4;1-5(2,3)4;2*1-3-2/h2*1-4H3;8*1-3H3;2*1-3H3;1-3H3;2*1-2H3;1-2H3;1-2H3;2*1-2H3. The van der Waals surface area contributed by atoms with Crippen LogP contribution in [0.2, 0.25) is 0 Å². The van der Waals surface area contributed by atoms with Gasteiger partial charge in [-0.1, -0.05) is 23.5 Å². The van der Waals surface area contributed by atoms with Crippen LogP contribution in [0.1, 0.15) is 41.5 Å². The van der Waals surface area contributed by atoms with Crippen molar-refractivity contribution in [3.63, 3.8) is 0 Å². The summed E-state index contributed by atoms with van der Waals surface area (Å²) in [5.41, 5.74) is 0. The second-order valence-electron chi connectivity index (χ2n) is 23.5. The van der Waals surface area contributed by atoms with Crippen molar-refractivity contribution < 1.29 is 99.0 Å². The molecule has 0 aliphatic heterocycles. The van der Waals surface area contributed by atoms with E-state index in [1.54, 1.807) is 209 Å². The lowest BCUT2D eigenvalue weighted by Crippen LogP contribution is -2.33. The van der Waals surface area contributed by atoms with E-state index in [9.17, 15) is 56.4 Å². The lowest BCUT2D eigenvalue weighted by atomic mass is 10.6. The van der Waals surface area contributed by atoms with Crippen LogP contribution < -0.4 is 0 Å². The maximum Gasteiger partial charge on any atom is 0.408 e. The number of hydrogen-bond acceptors (Lipinski definition) is 30. The first-order chi connectivity index (χ1) is 50.7. The van der Waals surface area contributed by atoms with Crippen molar-refractivity contribution in [2.75, 3.05) is 327 Å². The lowest BCUT2D eigenvalue weighted by molar-refractivity contribution is -0.138. The lowest BCUT2D eigenvalue weighted by Gasteiger charge is -2.20. The van der Waals surface area contributed by atoms with E-state index in [4.69, 9.17) is 12.2 Å². The number of sulfone groups is 1. The Balaban J connectivity index is -0.0000000488. The van der Waals surface area contributed by atoms with Crippen LogP contribution in [0.3, 0.4) is 0 Å². The number of methoxy groups -OCH3 is 9. The summed E-state index contributed by atoms with van der Waals surface area (Å²) in [6.07, 6.45) is 9.30. The van der Waals surface area contributed by atoms with Gasteiger partial charge in [-0.15, -0.1) is 0 Å². The van der Waals surface area contributed by atoms with Crippen LogP contribution >= 0.6 is 96.4 Å². The van der Waals surface area contributed by atoms with E-state index >= 15 is 0 Å². The Morgan fingerprint density at radius 2 is 0.407 bits per heavy atom. The number of carbonyl (C=O) groups excluding carboxylic acids is 10. The SMILES string of the molecule is CC(=O)N(C)C.CC(=O)N(C)C.CC(C)=O.CN(C)C.CN(C)C(=O)N(C)C.CN(C)C(=S)N(C)C.COC.COC(=O)N(C)C.COC(=O)N(C)C.COC(=S)N(C)C.COC(=S)N(C)C.COC(=S)N(C)C.COC(=S)N(C)C.COC(C)=O.COC(C)=O.CS(C)(=O)=O.CSC.CSC(=O)N(C)C.CSC(=O)N(C)C. The Morgan fingerprint density at radius 1 is 0.274 bits per heavy atom. The molecule has 45 heteroatoms. The number of rotatable bonds is 0. The van der Waals surface area contributed by atoms with Crippen LogP contribution in [0.5, 0.6) is 0 Å². The van der Waals surface area contributed by atoms with E-state index in [1.165, 1.54) is 123 Å². The van der Waals surface area contributed by atoms with Gasteiger partial charge in [-0.25, -0.2) is 22.8 Å². The van der Waals surface area contributed by atoms with Gasteiger partial charge in [0.05, 0.1) is 56.9 Å². The zero-order valence-electron chi connectivity index (χ0n) is 79.5. The van der Waals surface area contributed by atoms with Crippen molar-refractivity contribution in [2.45, 2.75) is 41.5 Å². The summed E-state index contributed by atoms with van der Waals surface area (Å²) in [5, 5.41) is 3.10. The van der Waals surface area contributed by atoms with Gasteiger partial charge >= 0.3 is 30.2 Å². The van der Waals surface area contributed by atoms with Crippen LogP contribution in [-0.2, 0) is 76.4 Å². The van der Waals surface area contributed by atoms with Gasteiger partial charge < -0.3 is 121 Å². The number of thioether (sulfide) groups is 3. The highest BCUT2D eigenvalue weighted by Crippen LogP contribution is 1.98. The highest BCUT2D eigenvalue weighted by atomic mass is 32.2. The maximum atomic E-state index is 10.7. The first kappa shape index (κ1) is 155. The number of ether oxygens (including phenoxy) is 9. The summed E-state index contributed by atoms with van der Waals surface area (Å²) >= 11 is 27.9. The number of Topliss-reactive ketones (excluding diaryl/α,β-unsaturated/α-hetero) is 1. The summed E-state index contributed by atoms with van der Waals surface area (Å²) in [4.78, 5) is 125. The minimum absolute atomic E-state index is 0.0185. The fourth-order valence-electron chi connectivity index (χ4n) is 2.26. The molecule has 0 fully saturated rings. The molecule has 8 amide bonds. The minimum atomic E-state index is -2.67. The Labute approximate surface area is 726 Å². The third-order valence-corrected chi connectivity index (χ3v) is 12.0. The molecule has 0 rings (SSSR count). The molecule has 0 aliphatic rings. The molecule has 0 atom stereocenters. The minimum Gasteiger partial charge on any atom is -0.474 e. The average molecular weight is 1810 g/mol. The molecular formula is C68H159N15O21S9. The first-order valence-corrected chi connectivity index (χ1v) is 40.4. The molecule has 0 bridgehead atoms. The van der Waals surface area contributed by atoms with Crippen molar-refractivity contribution >= 4 is 190 Å². The Kier molecular flexibility index (Phi) is 154. The third-order valence-electron chi connectivity index (χ3n) is 7.68. The number of nitrogens with zero attached hydrogens (tertiary/aromatic N) is 15. The quantitative estimate of drug-likeness (QED) is 0.129. The first-order valence-electron chi connectivity index (χ1n) is 32.0. The predicted octanol–water partition coefficient (Wildman–Crippen LogP) is 7.46. The number of urea groups is 1. The normalized spacial score (nSPS) is 7.98. The molecule has 0 aromatic carbocycles. The zero-order chi connectivity index (χ0) is 96.3. The topological polar surface area (TPSA) is 337 Å². The predicted molar refractivity (Wildman–Crippen MR) is 497 cm³/mol. The van der Waals surface area contributed by atoms with Crippen molar-refractivity contribution in [1.29, 1.82) is 0 Å². The molecule has 0 aromatic rings. The second kappa shape index (κ2) is 112. The second-order valence-corrected chi connectivity index (χ2v) is 29.9. The van der Waals surface area contributed by atoms with Gasteiger partial charge in [0, 0.05) is 252 Å². The molecular weight excluding hydrogens is 1650 g/mol. The van der Waals surface area contributed by atoms with E-state index in [2.05, 4.69) is 91.5 Å². The van der Waals surface area contributed by atoms with Gasteiger partial charge in [-0.05, 0) is 121 Å². The van der Waals surface area contributed by atoms with Crippen LogP contribution in [-0.4, -0.2) is 493 Å². The van der Waals surface area contributed by atoms with Crippen LogP contribution in [0.15, 0.2) is 0 Å². The van der Waals surface area contributed by atoms with Crippen molar-refractivity contribution in [3.05, 3.63) is 0 Å². The smallest absolute Gasteiger partial charge is 0.408 e. The van der Waals surface area contributed by atoms with E-state index in [0.717, 1.165) is 17.6 Å². The fraction of sp³-hybridized carbons (Fsp3) is 0.779. The van der Waals surface area contributed by atoms with Gasteiger partial charge in [0.1, 0.15) is 15.6 Å².